The third kappa shape index (κ3) is 3.72. The molecule has 0 radical (unpaired) electrons. The molecular weight excluding hydrogens is 230 g/mol. The van der Waals surface area contributed by atoms with Crippen molar-refractivity contribution in [3.05, 3.63) is 34.4 Å². The average molecular weight is 241 g/mol. The molecule has 1 atom stereocenters. The van der Waals surface area contributed by atoms with Crippen molar-refractivity contribution >= 4 is 11.9 Å². The van der Waals surface area contributed by atoms with E-state index in [9.17, 15) is 14.4 Å². The maximum atomic E-state index is 11.5. The highest BCUT2D eigenvalue weighted by Crippen LogP contribution is 1.96. The number of amides is 1. The first-order valence-electron chi connectivity index (χ1n) is 4.67. The van der Waals surface area contributed by atoms with Crippen molar-refractivity contribution in [1.29, 1.82) is 0 Å². The van der Waals surface area contributed by atoms with E-state index in [1.807, 2.05) is 0 Å². The SMILES string of the molecule is COC(CNC(=O)c1ccc(=O)oc1)C(=O)O. The Labute approximate surface area is 96.0 Å². The summed E-state index contributed by atoms with van der Waals surface area (Å²) in [4.78, 5) is 32.7. The van der Waals surface area contributed by atoms with Crippen LogP contribution in [0.3, 0.4) is 0 Å². The highest BCUT2D eigenvalue weighted by atomic mass is 16.5. The number of ether oxygens (including phenoxy) is 1. The first-order chi connectivity index (χ1) is 8.04. The molecule has 1 unspecified atom stereocenters. The number of carboxylic acids is 1. The molecule has 0 fully saturated rings. The smallest absolute Gasteiger partial charge is 0.335 e. The molecular formula is C10H11NO6. The molecule has 0 aromatic carbocycles. The molecule has 0 aliphatic carbocycles. The molecule has 7 nitrogen and oxygen atoms in total. The highest BCUT2D eigenvalue weighted by molar-refractivity contribution is 5.93. The van der Waals surface area contributed by atoms with Crippen molar-refractivity contribution in [2.24, 2.45) is 0 Å². The van der Waals surface area contributed by atoms with Gasteiger partial charge in [-0.05, 0) is 6.07 Å². The number of hydrogen-bond acceptors (Lipinski definition) is 5. The van der Waals surface area contributed by atoms with E-state index >= 15 is 0 Å². The Hall–Kier alpha value is -2.15. The van der Waals surface area contributed by atoms with E-state index in [4.69, 9.17) is 5.11 Å². The Bertz CT molecular complexity index is 446. The number of carboxylic acid groups (broad SMARTS) is 1. The monoisotopic (exact) mass is 241 g/mol. The summed E-state index contributed by atoms with van der Waals surface area (Å²) in [7, 11) is 1.23. The number of methoxy groups -OCH3 is 1. The van der Waals surface area contributed by atoms with Crippen molar-refractivity contribution in [3.8, 4) is 0 Å². The van der Waals surface area contributed by atoms with Gasteiger partial charge in [-0.1, -0.05) is 0 Å². The Kier molecular flexibility index (Phi) is 4.41. The number of hydrogen-bond donors (Lipinski definition) is 2. The molecule has 0 aliphatic rings. The normalized spacial score (nSPS) is 11.8. The van der Waals surface area contributed by atoms with Gasteiger partial charge in [0.15, 0.2) is 6.10 Å². The summed E-state index contributed by atoms with van der Waals surface area (Å²) in [6, 6.07) is 2.38. The van der Waals surface area contributed by atoms with Gasteiger partial charge in [0.1, 0.15) is 6.26 Å². The van der Waals surface area contributed by atoms with Gasteiger partial charge in [0.05, 0.1) is 12.1 Å². The van der Waals surface area contributed by atoms with Crippen LogP contribution in [0.25, 0.3) is 0 Å². The summed E-state index contributed by atoms with van der Waals surface area (Å²) in [6.45, 7) is -0.177. The van der Waals surface area contributed by atoms with Gasteiger partial charge in [-0.15, -0.1) is 0 Å². The zero-order valence-corrected chi connectivity index (χ0v) is 9.00. The van der Waals surface area contributed by atoms with Crippen molar-refractivity contribution < 1.29 is 23.8 Å². The first-order valence-corrected chi connectivity index (χ1v) is 4.67. The van der Waals surface area contributed by atoms with Crippen LogP contribution in [0.2, 0.25) is 0 Å². The lowest BCUT2D eigenvalue weighted by molar-refractivity contribution is -0.148. The third-order valence-electron chi connectivity index (χ3n) is 1.97. The van der Waals surface area contributed by atoms with Crippen molar-refractivity contribution in [1.82, 2.24) is 5.32 Å². The van der Waals surface area contributed by atoms with Gasteiger partial charge in [-0.25, -0.2) is 9.59 Å². The lowest BCUT2D eigenvalue weighted by atomic mass is 10.2. The Morgan fingerprint density at radius 1 is 1.53 bits per heavy atom. The second-order valence-electron chi connectivity index (χ2n) is 3.12. The van der Waals surface area contributed by atoms with Crippen LogP contribution in [-0.4, -0.2) is 36.7 Å². The number of aliphatic carboxylic acids is 1. The van der Waals surface area contributed by atoms with Crippen LogP contribution in [0.4, 0.5) is 0 Å². The maximum absolute atomic E-state index is 11.5. The Balaban J connectivity index is 2.58. The number of nitrogens with one attached hydrogen (secondary N) is 1. The summed E-state index contributed by atoms with van der Waals surface area (Å²) < 4.78 is 9.13. The predicted molar refractivity (Wildman–Crippen MR) is 55.7 cm³/mol. The van der Waals surface area contributed by atoms with Crippen LogP contribution in [0, 0.1) is 0 Å². The van der Waals surface area contributed by atoms with Crippen LogP contribution in [0.5, 0.6) is 0 Å². The fraction of sp³-hybridized carbons (Fsp3) is 0.300. The molecule has 1 amide bonds. The van der Waals surface area contributed by atoms with Gasteiger partial charge in [0, 0.05) is 13.2 Å². The molecule has 0 spiro atoms. The van der Waals surface area contributed by atoms with E-state index in [2.05, 4.69) is 14.5 Å². The molecule has 2 N–H and O–H groups in total. The summed E-state index contributed by atoms with van der Waals surface area (Å²) in [5.41, 5.74) is -0.438. The third-order valence-corrected chi connectivity index (χ3v) is 1.97. The van der Waals surface area contributed by atoms with Gasteiger partial charge in [-0.3, -0.25) is 4.79 Å². The minimum Gasteiger partial charge on any atom is -0.479 e. The summed E-state index contributed by atoms with van der Waals surface area (Å²) in [6.07, 6.45) is -0.116. The molecule has 17 heavy (non-hydrogen) atoms. The van der Waals surface area contributed by atoms with Gasteiger partial charge in [-0.2, -0.15) is 0 Å². The fourth-order valence-electron chi connectivity index (χ4n) is 1.05. The molecule has 1 aromatic rings. The molecule has 0 saturated heterocycles. The summed E-state index contributed by atoms with van der Waals surface area (Å²) in [5, 5.41) is 11.0. The lowest BCUT2D eigenvalue weighted by Crippen LogP contribution is -2.37. The summed E-state index contributed by atoms with van der Waals surface area (Å²) >= 11 is 0. The summed E-state index contributed by atoms with van der Waals surface area (Å²) in [5.74, 6) is -1.72. The van der Waals surface area contributed by atoms with Crippen molar-refractivity contribution in [3.63, 3.8) is 0 Å². The first kappa shape index (κ1) is 12.9. The van der Waals surface area contributed by atoms with E-state index in [0.29, 0.717) is 0 Å². The van der Waals surface area contributed by atoms with Crippen LogP contribution in [0.1, 0.15) is 10.4 Å². The van der Waals surface area contributed by atoms with E-state index in [1.54, 1.807) is 0 Å². The predicted octanol–water partition coefficient (Wildman–Crippen LogP) is -0.531. The van der Waals surface area contributed by atoms with Gasteiger partial charge in [0.25, 0.3) is 5.91 Å². The topological polar surface area (TPSA) is 106 Å². The minimum atomic E-state index is -1.17. The van der Waals surface area contributed by atoms with E-state index in [-0.39, 0.29) is 12.1 Å². The van der Waals surface area contributed by atoms with Gasteiger partial charge in [0.2, 0.25) is 0 Å². The number of rotatable bonds is 5. The molecule has 0 bridgehead atoms. The van der Waals surface area contributed by atoms with Gasteiger partial charge >= 0.3 is 11.6 Å². The molecule has 0 saturated carbocycles. The molecule has 1 aromatic heterocycles. The number of carbonyl (C=O) groups is 2. The lowest BCUT2D eigenvalue weighted by Gasteiger charge is -2.11. The van der Waals surface area contributed by atoms with Crippen LogP contribution in [-0.2, 0) is 9.53 Å². The zero-order chi connectivity index (χ0) is 12.8. The minimum absolute atomic E-state index is 0.129. The second-order valence-corrected chi connectivity index (χ2v) is 3.12. The van der Waals surface area contributed by atoms with E-state index in [0.717, 1.165) is 12.3 Å². The Morgan fingerprint density at radius 2 is 2.24 bits per heavy atom. The van der Waals surface area contributed by atoms with Gasteiger partial charge < -0.3 is 19.6 Å². The van der Waals surface area contributed by atoms with Crippen molar-refractivity contribution in [2.75, 3.05) is 13.7 Å². The largest absolute Gasteiger partial charge is 0.479 e. The van der Waals surface area contributed by atoms with Crippen LogP contribution in [0.15, 0.2) is 27.6 Å². The fourth-order valence-corrected chi connectivity index (χ4v) is 1.05. The average Bonchev–Trinajstić information content (AvgIpc) is 2.30. The van der Waals surface area contributed by atoms with Crippen LogP contribution >= 0.6 is 0 Å². The standard InChI is InChI=1S/C10H11NO6/c1-16-7(10(14)15)4-11-9(13)6-2-3-8(12)17-5-6/h2-3,5,7H,4H2,1H3,(H,11,13)(H,14,15). The molecule has 1 rings (SSSR count). The number of carbonyl (C=O) groups excluding carboxylic acids is 1. The second kappa shape index (κ2) is 5.80. The van der Waals surface area contributed by atoms with Crippen molar-refractivity contribution in [2.45, 2.75) is 6.10 Å². The highest BCUT2D eigenvalue weighted by Gasteiger charge is 2.17. The van der Waals surface area contributed by atoms with Crippen LogP contribution < -0.4 is 10.9 Å². The molecule has 92 valence electrons. The molecule has 7 heteroatoms. The quantitative estimate of drug-likeness (QED) is 0.717. The zero-order valence-electron chi connectivity index (χ0n) is 9.00. The molecule has 1 heterocycles. The van der Waals surface area contributed by atoms with E-state index in [1.165, 1.54) is 13.2 Å². The van der Waals surface area contributed by atoms with E-state index < -0.39 is 23.6 Å². The maximum Gasteiger partial charge on any atom is 0.335 e. The Morgan fingerprint density at radius 3 is 2.71 bits per heavy atom. The molecule has 0 aliphatic heterocycles.